The number of nitrogens with one attached hydrogen (secondary N) is 1. The van der Waals surface area contributed by atoms with Crippen LogP contribution in [0.3, 0.4) is 0 Å². The number of imide groups is 1. The molecule has 9 heteroatoms. The third-order valence-corrected chi connectivity index (χ3v) is 12.5. The minimum Gasteiger partial charge on any atom is -0.489 e. The van der Waals surface area contributed by atoms with Crippen molar-refractivity contribution in [3.63, 3.8) is 0 Å². The fourth-order valence-electron chi connectivity index (χ4n) is 10.0. The van der Waals surface area contributed by atoms with Gasteiger partial charge in [0.2, 0.25) is 17.7 Å². The van der Waals surface area contributed by atoms with Gasteiger partial charge >= 0.3 is 0 Å². The van der Waals surface area contributed by atoms with E-state index in [4.69, 9.17) is 4.74 Å². The zero-order valence-electron chi connectivity index (χ0n) is 26.0. The van der Waals surface area contributed by atoms with Crippen molar-refractivity contribution in [2.24, 2.45) is 29.1 Å². The summed E-state index contributed by atoms with van der Waals surface area (Å²) in [5.74, 6) is 2.83. The second-order valence-electron chi connectivity index (χ2n) is 15.4. The molecule has 0 aromatic heterocycles. The number of likely N-dealkylation sites (tertiary alicyclic amines) is 2. The Labute approximate surface area is 260 Å². The summed E-state index contributed by atoms with van der Waals surface area (Å²) in [5.41, 5.74) is 1.96. The van der Waals surface area contributed by atoms with Gasteiger partial charge < -0.3 is 14.5 Å². The Morgan fingerprint density at radius 1 is 0.932 bits per heavy atom. The van der Waals surface area contributed by atoms with E-state index >= 15 is 0 Å². The molecule has 4 aliphatic heterocycles. The van der Waals surface area contributed by atoms with Gasteiger partial charge in [0, 0.05) is 56.7 Å². The van der Waals surface area contributed by atoms with Crippen LogP contribution in [0, 0.1) is 29.1 Å². The smallest absolute Gasteiger partial charge is 0.255 e. The molecule has 7 fully saturated rings. The second kappa shape index (κ2) is 10.8. The van der Waals surface area contributed by atoms with Gasteiger partial charge in [-0.2, -0.15) is 0 Å². The molecule has 4 aliphatic carbocycles. The van der Waals surface area contributed by atoms with Crippen LogP contribution in [-0.4, -0.2) is 82.7 Å². The van der Waals surface area contributed by atoms with E-state index in [1.54, 1.807) is 4.90 Å². The maximum Gasteiger partial charge on any atom is 0.255 e. The molecular weight excluding hydrogens is 556 g/mol. The maximum absolute atomic E-state index is 13.2. The molecule has 2 unspecified atom stereocenters. The number of hydrogen-bond donors (Lipinski definition) is 1. The molecular formula is C35H46N4O5. The minimum absolute atomic E-state index is 0.130. The van der Waals surface area contributed by atoms with Crippen LogP contribution in [0.2, 0.25) is 0 Å². The second-order valence-corrected chi connectivity index (χ2v) is 15.4. The summed E-state index contributed by atoms with van der Waals surface area (Å²) in [6.07, 6.45) is 11.3. The largest absolute Gasteiger partial charge is 0.489 e. The number of carbonyl (C=O) groups excluding carboxylic acids is 4. The zero-order valence-corrected chi connectivity index (χ0v) is 26.0. The normalized spacial score (nSPS) is 36.1. The number of nitrogens with zero attached hydrogens (tertiary/aromatic N) is 3. The average molecular weight is 603 g/mol. The first-order valence-corrected chi connectivity index (χ1v) is 17.2. The standard InChI is InChI=1S/C35H46N4O5/c1-35-15-23(16-35)27(17-35)33(42)37-12-10-21(11-13-37)24-18-38(19-24)28-4-2-3-5-30(28)44-25-6-7-26-22(14-25)20-39(34(26)43)29-8-9-31(40)36-32(29)41/h6-7,14,21,23-24,27-30H,2-5,8-13,15-20H2,1H3,(H,36,40,41)/t23?,27?,28-,29?,30+,35?/m0/s1. The molecule has 4 saturated carbocycles. The Balaban J connectivity index is 0.844. The van der Waals surface area contributed by atoms with Crippen LogP contribution in [-0.2, 0) is 20.9 Å². The molecule has 4 amide bonds. The van der Waals surface area contributed by atoms with Crippen LogP contribution in [0.25, 0.3) is 0 Å². The molecule has 8 aliphatic rings. The number of hydrogen-bond acceptors (Lipinski definition) is 6. The van der Waals surface area contributed by atoms with Gasteiger partial charge in [-0.05, 0) is 105 Å². The molecule has 1 aromatic carbocycles. The van der Waals surface area contributed by atoms with E-state index in [1.165, 1.54) is 25.7 Å². The summed E-state index contributed by atoms with van der Waals surface area (Å²) >= 11 is 0. The lowest BCUT2D eigenvalue weighted by Crippen LogP contribution is -2.60. The highest BCUT2D eigenvalue weighted by Gasteiger charge is 2.56. The highest BCUT2D eigenvalue weighted by Crippen LogP contribution is 2.61. The van der Waals surface area contributed by atoms with Crippen molar-refractivity contribution in [3.8, 4) is 5.75 Å². The molecule has 0 radical (unpaired) electrons. The number of piperidine rings is 2. The van der Waals surface area contributed by atoms with Crippen LogP contribution < -0.4 is 10.1 Å². The number of fused-ring (bicyclic) bond motifs is 2. The van der Waals surface area contributed by atoms with Gasteiger partial charge in [-0.15, -0.1) is 0 Å². The van der Waals surface area contributed by atoms with E-state index in [2.05, 4.69) is 22.0 Å². The number of rotatable bonds is 6. The number of amides is 4. The van der Waals surface area contributed by atoms with Gasteiger partial charge in [-0.1, -0.05) is 13.3 Å². The van der Waals surface area contributed by atoms with E-state index in [1.807, 2.05) is 18.2 Å². The fourth-order valence-corrected chi connectivity index (χ4v) is 10.0. The quantitative estimate of drug-likeness (QED) is 0.498. The highest BCUT2D eigenvalue weighted by molar-refractivity contribution is 6.05. The first-order valence-electron chi connectivity index (χ1n) is 17.2. The van der Waals surface area contributed by atoms with Crippen LogP contribution in [0.1, 0.15) is 93.5 Å². The lowest BCUT2D eigenvalue weighted by Gasteiger charge is -2.51. The summed E-state index contributed by atoms with van der Waals surface area (Å²) in [7, 11) is 0. The molecule has 3 saturated heterocycles. The van der Waals surface area contributed by atoms with Crippen molar-refractivity contribution >= 4 is 23.6 Å². The Kier molecular flexibility index (Phi) is 7.03. The lowest BCUT2D eigenvalue weighted by atomic mass is 9.71. The maximum atomic E-state index is 13.2. The molecule has 44 heavy (non-hydrogen) atoms. The molecule has 2 bridgehead atoms. The van der Waals surface area contributed by atoms with Gasteiger partial charge in [0.05, 0.1) is 0 Å². The summed E-state index contributed by atoms with van der Waals surface area (Å²) in [4.78, 5) is 56.8. The minimum atomic E-state index is -0.604. The summed E-state index contributed by atoms with van der Waals surface area (Å²) in [6.45, 7) is 6.87. The molecule has 236 valence electrons. The fraction of sp³-hybridized carbons (Fsp3) is 0.714. The SMILES string of the molecule is CC12CC(C1)C(C(=O)N1CCC(C3CN([C@H]4CCCC[C@H]4Oc4ccc5c(c4)CN(C4CCC(=O)NC4=O)C5=O)C3)CC1)C2. The van der Waals surface area contributed by atoms with Gasteiger partial charge in [-0.3, -0.25) is 29.4 Å². The molecule has 9 nitrogen and oxygen atoms in total. The summed E-state index contributed by atoms with van der Waals surface area (Å²) < 4.78 is 6.65. The van der Waals surface area contributed by atoms with Crippen LogP contribution in [0.4, 0.5) is 0 Å². The van der Waals surface area contributed by atoms with Gasteiger partial charge in [-0.25, -0.2) is 0 Å². The van der Waals surface area contributed by atoms with Gasteiger partial charge in [0.25, 0.3) is 5.91 Å². The van der Waals surface area contributed by atoms with Gasteiger partial charge in [0.15, 0.2) is 0 Å². The highest BCUT2D eigenvalue weighted by atomic mass is 16.5. The van der Waals surface area contributed by atoms with Crippen LogP contribution in [0.15, 0.2) is 18.2 Å². The molecule has 0 spiro atoms. The van der Waals surface area contributed by atoms with Crippen molar-refractivity contribution in [3.05, 3.63) is 29.3 Å². The predicted octanol–water partition coefficient (Wildman–Crippen LogP) is 3.74. The van der Waals surface area contributed by atoms with E-state index in [-0.39, 0.29) is 30.2 Å². The topological polar surface area (TPSA) is 99.3 Å². The van der Waals surface area contributed by atoms with Crippen molar-refractivity contribution in [2.45, 2.75) is 102 Å². The number of ether oxygens (including phenoxy) is 1. The van der Waals surface area contributed by atoms with Crippen molar-refractivity contribution in [1.82, 2.24) is 20.0 Å². The third-order valence-electron chi connectivity index (χ3n) is 12.5. The Morgan fingerprint density at radius 2 is 1.70 bits per heavy atom. The van der Waals surface area contributed by atoms with Crippen molar-refractivity contribution in [2.75, 3.05) is 26.2 Å². The van der Waals surface area contributed by atoms with Crippen LogP contribution >= 0.6 is 0 Å². The Hall–Kier alpha value is -2.94. The van der Waals surface area contributed by atoms with Crippen LogP contribution in [0.5, 0.6) is 5.75 Å². The first-order chi connectivity index (χ1) is 21.2. The molecule has 4 heterocycles. The molecule has 9 rings (SSSR count). The third kappa shape index (κ3) is 4.94. The van der Waals surface area contributed by atoms with Crippen molar-refractivity contribution < 1.29 is 23.9 Å². The molecule has 4 atom stereocenters. The lowest BCUT2D eigenvalue weighted by molar-refractivity contribution is -0.139. The summed E-state index contributed by atoms with van der Waals surface area (Å²) in [5, 5.41) is 2.37. The first kappa shape index (κ1) is 28.5. The Morgan fingerprint density at radius 3 is 2.43 bits per heavy atom. The monoisotopic (exact) mass is 602 g/mol. The number of carbonyl (C=O) groups is 4. The summed E-state index contributed by atoms with van der Waals surface area (Å²) in [6, 6.07) is 5.52. The number of benzene rings is 1. The van der Waals surface area contributed by atoms with E-state index in [9.17, 15) is 19.2 Å². The van der Waals surface area contributed by atoms with E-state index in [0.717, 1.165) is 81.4 Å². The van der Waals surface area contributed by atoms with E-state index in [0.29, 0.717) is 47.7 Å². The molecule has 1 N–H and O–H groups in total. The van der Waals surface area contributed by atoms with Gasteiger partial charge in [0.1, 0.15) is 17.9 Å². The van der Waals surface area contributed by atoms with E-state index < -0.39 is 6.04 Å². The van der Waals surface area contributed by atoms with Crippen molar-refractivity contribution in [1.29, 1.82) is 0 Å². The molecule has 1 aromatic rings. The zero-order chi connectivity index (χ0) is 30.2. The average Bonchev–Trinajstić information content (AvgIpc) is 3.61. The predicted molar refractivity (Wildman–Crippen MR) is 162 cm³/mol. The Bertz CT molecular complexity index is 1360.